The lowest BCUT2D eigenvalue weighted by atomic mass is 10.0. The van der Waals surface area contributed by atoms with Crippen LogP contribution < -0.4 is 16.4 Å². The maximum atomic E-state index is 13.1. The molecule has 1 aliphatic rings. The van der Waals surface area contributed by atoms with Crippen LogP contribution in [0.15, 0.2) is 0 Å². The summed E-state index contributed by atoms with van der Waals surface area (Å²) >= 11 is 1.55. The van der Waals surface area contributed by atoms with E-state index < -0.39 is 60.2 Å². The number of amides is 3. The summed E-state index contributed by atoms with van der Waals surface area (Å²) in [5, 5.41) is 22.9. The van der Waals surface area contributed by atoms with Crippen molar-refractivity contribution < 1.29 is 34.2 Å². The molecule has 11 nitrogen and oxygen atoms in total. The van der Waals surface area contributed by atoms with Crippen LogP contribution in [0.3, 0.4) is 0 Å². The second-order valence-electron chi connectivity index (χ2n) is 7.81. The Morgan fingerprint density at radius 3 is 2.32 bits per heavy atom. The molecule has 0 saturated carbocycles. The number of rotatable bonds is 12. The van der Waals surface area contributed by atoms with Gasteiger partial charge in [0.1, 0.15) is 18.1 Å². The SMILES string of the molecule is CSCCC(N)C(=O)NC(C(=O)N1CCCC1C(=O)NC(CC(=O)O)C(=O)O)C(C)C. The molecule has 0 aromatic rings. The Kier molecular flexibility index (Phi) is 10.8. The van der Waals surface area contributed by atoms with Gasteiger partial charge in [-0.25, -0.2) is 4.79 Å². The number of hydrogen-bond acceptors (Lipinski definition) is 7. The van der Waals surface area contributed by atoms with Gasteiger partial charge >= 0.3 is 11.9 Å². The molecule has 1 fully saturated rings. The summed E-state index contributed by atoms with van der Waals surface area (Å²) in [5.74, 6) is -4.05. The molecule has 4 unspecified atom stereocenters. The predicted octanol–water partition coefficient (Wildman–Crippen LogP) is -0.757. The van der Waals surface area contributed by atoms with E-state index in [1.54, 1.807) is 25.6 Å². The van der Waals surface area contributed by atoms with Crippen molar-refractivity contribution in [2.24, 2.45) is 11.7 Å². The third-order valence-corrected chi connectivity index (χ3v) is 5.68. The summed E-state index contributed by atoms with van der Waals surface area (Å²) < 4.78 is 0. The summed E-state index contributed by atoms with van der Waals surface area (Å²) in [4.78, 5) is 61.6. The van der Waals surface area contributed by atoms with Crippen molar-refractivity contribution in [2.75, 3.05) is 18.6 Å². The van der Waals surface area contributed by atoms with Crippen LogP contribution in [-0.2, 0) is 24.0 Å². The zero-order valence-corrected chi connectivity index (χ0v) is 18.8. The standard InChI is InChI=1S/C19H32N4O7S/c1-10(2)15(22-16(26)11(20)6-8-31-3)18(28)23-7-4-5-13(23)17(27)21-12(19(29)30)9-14(24)25/h10-13,15H,4-9,20H2,1-3H3,(H,21,27)(H,22,26)(H,24,25)(H,29,30). The summed E-state index contributed by atoms with van der Waals surface area (Å²) in [6.45, 7) is 3.79. The zero-order valence-electron chi connectivity index (χ0n) is 18.0. The minimum absolute atomic E-state index is 0.269. The molecular weight excluding hydrogens is 428 g/mol. The summed E-state index contributed by atoms with van der Waals surface area (Å²) in [5.41, 5.74) is 5.89. The highest BCUT2D eigenvalue weighted by Crippen LogP contribution is 2.21. The largest absolute Gasteiger partial charge is 0.481 e. The molecule has 176 valence electrons. The number of nitrogens with one attached hydrogen (secondary N) is 2. The molecule has 1 saturated heterocycles. The highest BCUT2D eigenvalue weighted by Gasteiger charge is 2.40. The number of thioether (sulfide) groups is 1. The van der Waals surface area contributed by atoms with Crippen LogP contribution >= 0.6 is 11.8 Å². The number of aliphatic carboxylic acids is 2. The van der Waals surface area contributed by atoms with Crippen molar-refractivity contribution in [3.05, 3.63) is 0 Å². The van der Waals surface area contributed by atoms with Gasteiger partial charge < -0.3 is 31.5 Å². The number of carboxylic acids is 2. The first-order valence-corrected chi connectivity index (χ1v) is 11.5. The van der Waals surface area contributed by atoms with Gasteiger partial charge in [0, 0.05) is 6.54 Å². The van der Waals surface area contributed by atoms with E-state index in [0.717, 1.165) is 0 Å². The predicted molar refractivity (Wildman–Crippen MR) is 114 cm³/mol. The first-order valence-electron chi connectivity index (χ1n) is 10.1. The zero-order chi connectivity index (χ0) is 23.7. The lowest BCUT2D eigenvalue weighted by molar-refractivity contribution is -0.148. The van der Waals surface area contributed by atoms with Crippen LogP contribution in [0, 0.1) is 5.92 Å². The van der Waals surface area contributed by atoms with Crippen LogP contribution in [-0.4, -0.2) is 87.5 Å². The summed E-state index contributed by atoms with van der Waals surface area (Å²) in [7, 11) is 0. The fraction of sp³-hybridized carbons (Fsp3) is 0.737. The second kappa shape index (κ2) is 12.5. The molecule has 0 aromatic heterocycles. The fourth-order valence-corrected chi connectivity index (χ4v) is 3.76. The van der Waals surface area contributed by atoms with E-state index >= 15 is 0 Å². The molecule has 1 aliphatic heterocycles. The minimum atomic E-state index is -1.60. The van der Waals surface area contributed by atoms with Crippen LogP contribution in [0.5, 0.6) is 0 Å². The second-order valence-corrected chi connectivity index (χ2v) is 8.79. The van der Waals surface area contributed by atoms with E-state index in [-0.39, 0.29) is 12.5 Å². The monoisotopic (exact) mass is 460 g/mol. The van der Waals surface area contributed by atoms with E-state index in [2.05, 4.69) is 10.6 Å². The van der Waals surface area contributed by atoms with Gasteiger partial charge in [0.15, 0.2) is 0 Å². The molecule has 0 aliphatic carbocycles. The number of nitrogens with two attached hydrogens (primary N) is 1. The molecule has 31 heavy (non-hydrogen) atoms. The topological polar surface area (TPSA) is 179 Å². The Labute approximate surface area is 185 Å². The van der Waals surface area contributed by atoms with Gasteiger partial charge in [0.05, 0.1) is 12.5 Å². The van der Waals surface area contributed by atoms with Crippen molar-refractivity contribution in [3.63, 3.8) is 0 Å². The maximum absolute atomic E-state index is 13.1. The van der Waals surface area contributed by atoms with E-state index in [1.165, 1.54) is 4.90 Å². The summed E-state index contributed by atoms with van der Waals surface area (Å²) in [6.07, 6.45) is 2.41. The molecule has 4 atom stereocenters. The van der Waals surface area contributed by atoms with Crippen molar-refractivity contribution >= 4 is 41.4 Å². The third kappa shape index (κ3) is 8.02. The normalized spacial score (nSPS) is 18.9. The van der Waals surface area contributed by atoms with Crippen molar-refractivity contribution in [2.45, 2.75) is 63.7 Å². The molecular formula is C19H32N4O7S. The van der Waals surface area contributed by atoms with Crippen molar-refractivity contribution in [3.8, 4) is 0 Å². The van der Waals surface area contributed by atoms with Gasteiger partial charge in [0.25, 0.3) is 0 Å². The van der Waals surface area contributed by atoms with Crippen molar-refractivity contribution in [1.29, 1.82) is 0 Å². The van der Waals surface area contributed by atoms with Gasteiger partial charge in [-0.15, -0.1) is 0 Å². The number of hydrogen-bond donors (Lipinski definition) is 5. The number of carboxylic acid groups (broad SMARTS) is 2. The Balaban J connectivity index is 2.89. The average molecular weight is 461 g/mol. The molecule has 0 radical (unpaired) electrons. The van der Waals surface area contributed by atoms with Gasteiger partial charge in [-0.05, 0) is 37.2 Å². The van der Waals surface area contributed by atoms with E-state index in [0.29, 0.717) is 25.0 Å². The number of likely N-dealkylation sites (tertiary alicyclic amines) is 1. The lowest BCUT2D eigenvalue weighted by Crippen LogP contribution is -2.58. The van der Waals surface area contributed by atoms with Crippen LogP contribution in [0.25, 0.3) is 0 Å². The molecule has 12 heteroatoms. The van der Waals surface area contributed by atoms with Crippen LogP contribution in [0.1, 0.15) is 39.5 Å². The first kappa shape index (κ1) is 26.7. The molecule has 3 amide bonds. The molecule has 0 bridgehead atoms. The van der Waals surface area contributed by atoms with Crippen LogP contribution in [0.2, 0.25) is 0 Å². The molecule has 1 rings (SSSR count). The fourth-order valence-electron chi connectivity index (χ4n) is 3.27. The summed E-state index contributed by atoms with van der Waals surface area (Å²) in [6, 6.07) is -4.19. The van der Waals surface area contributed by atoms with Gasteiger partial charge in [-0.3, -0.25) is 19.2 Å². The first-order chi connectivity index (χ1) is 14.5. The van der Waals surface area contributed by atoms with E-state index in [9.17, 15) is 24.0 Å². The molecule has 0 aromatic carbocycles. The highest BCUT2D eigenvalue weighted by molar-refractivity contribution is 7.98. The molecule has 0 spiro atoms. The van der Waals surface area contributed by atoms with Crippen LogP contribution in [0.4, 0.5) is 0 Å². The highest BCUT2D eigenvalue weighted by atomic mass is 32.2. The number of nitrogens with zero attached hydrogens (tertiary/aromatic N) is 1. The Morgan fingerprint density at radius 2 is 1.81 bits per heavy atom. The number of carbonyl (C=O) groups is 5. The molecule has 6 N–H and O–H groups in total. The maximum Gasteiger partial charge on any atom is 0.326 e. The number of carbonyl (C=O) groups excluding carboxylic acids is 3. The lowest BCUT2D eigenvalue weighted by Gasteiger charge is -2.31. The van der Waals surface area contributed by atoms with E-state index in [1.807, 2.05) is 6.26 Å². The Hall–Kier alpha value is -2.34. The van der Waals surface area contributed by atoms with Crippen molar-refractivity contribution in [1.82, 2.24) is 15.5 Å². The molecule has 1 heterocycles. The smallest absolute Gasteiger partial charge is 0.326 e. The van der Waals surface area contributed by atoms with Gasteiger partial charge in [-0.2, -0.15) is 11.8 Å². The quantitative estimate of drug-likeness (QED) is 0.250. The minimum Gasteiger partial charge on any atom is -0.481 e. The van der Waals surface area contributed by atoms with Gasteiger partial charge in [-0.1, -0.05) is 13.8 Å². The third-order valence-electron chi connectivity index (χ3n) is 5.03. The van der Waals surface area contributed by atoms with E-state index in [4.69, 9.17) is 15.9 Å². The Bertz CT molecular complexity index is 688. The average Bonchev–Trinajstić information content (AvgIpc) is 3.18. The van der Waals surface area contributed by atoms with Gasteiger partial charge in [0.2, 0.25) is 17.7 Å². The Morgan fingerprint density at radius 1 is 1.16 bits per heavy atom.